The summed E-state index contributed by atoms with van der Waals surface area (Å²) in [5, 5.41) is 0. The molecule has 5 heteroatoms. The Balaban J connectivity index is 2.40. The van der Waals surface area contributed by atoms with Gasteiger partial charge in [0.05, 0.1) is 19.6 Å². The van der Waals surface area contributed by atoms with E-state index in [1.54, 1.807) is 0 Å². The van der Waals surface area contributed by atoms with Gasteiger partial charge in [0, 0.05) is 17.1 Å². The Morgan fingerprint density at radius 1 is 1.12 bits per heavy atom. The van der Waals surface area contributed by atoms with Gasteiger partial charge in [-0.15, -0.1) is 0 Å². The third kappa shape index (κ3) is 5.21. The van der Waals surface area contributed by atoms with E-state index < -0.39 is 0 Å². The highest BCUT2D eigenvalue weighted by Gasteiger charge is 2.10. The lowest BCUT2D eigenvalue weighted by Crippen LogP contribution is -2.10. The summed E-state index contributed by atoms with van der Waals surface area (Å²) in [6.07, 6.45) is 1.81. The second-order valence-corrected chi connectivity index (χ2v) is 4.57. The van der Waals surface area contributed by atoms with Crippen molar-refractivity contribution in [3.05, 3.63) is 12.2 Å². The van der Waals surface area contributed by atoms with Crippen molar-refractivity contribution < 1.29 is 19.1 Å². The van der Waals surface area contributed by atoms with Crippen LogP contribution in [0.3, 0.4) is 0 Å². The van der Waals surface area contributed by atoms with Crippen LogP contribution >= 0.6 is 11.8 Å². The lowest BCUT2D eigenvalue weighted by molar-refractivity contribution is -0.144. The second-order valence-electron chi connectivity index (χ2n) is 3.47. The van der Waals surface area contributed by atoms with E-state index in [1.165, 1.54) is 11.8 Å². The number of thioether (sulfide) groups is 1. The minimum Gasteiger partial charge on any atom is -0.466 e. The van der Waals surface area contributed by atoms with Crippen molar-refractivity contribution in [2.24, 2.45) is 0 Å². The van der Waals surface area contributed by atoms with Gasteiger partial charge in [0.15, 0.2) is 0 Å². The number of rotatable bonds is 0. The molecule has 0 spiro atoms. The molecule has 1 heterocycles. The summed E-state index contributed by atoms with van der Waals surface area (Å²) in [7, 11) is 0. The molecule has 0 aromatic heterocycles. The average molecular weight is 244 g/mol. The van der Waals surface area contributed by atoms with E-state index in [0.717, 1.165) is 6.42 Å². The molecule has 0 radical (unpaired) electrons. The number of esters is 2. The number of carbonyl (C=O) groups is 2. The third-order valence-electron chi connectivity index (χ3n) is 2.05. The van der Waals surface area contributed by atoms with Gasteiger partial charge in [-0.3, -0.25) is 4.79 Å². The molecule has 1 aliphatic heterocycles. The van der Waals surface area contributed by atoms with Crippen LogP contribution in [0, 0.1) is 0 Å². The number of hydrogen-bond acceptors (Lipinski definition) is 5. The van der Waals surface area contributed by atoms with E-state index in [9.17, 15) is 9.59 Å². The zero-order valence-corrected chi connectivity index (χ0v) is 10.0. The van der Waals surface area contributed by atoms with Crippen molar-refractivity contribution in [3.63, 3.8) is 0 Å². The smallest absolute Gasteiger partial charge is 0.334 e. The van der Waals surface area contributed by atoms with Gasteiger partial charge < -0.3 is 9.47 Å². The molecule has 0 saturated carbocycles. The van der Waals surface area contributed by atoms with E-state index >= 15 is 0 Å². The Hall–Kier alpha value is -0.970. The van der Waals surface area contributed by atoms with Crippen LogP contribution in [0.25, 0.3) is 0 Å². The molecular weight excluding hydrogens is 228 g/mol. The molecule has 1 aliphatic rings. The molecule has 0 aromatic carbocycles. The molecule has 0 aliphatic carbocycles. The molecular formula is C11H16O4S. The molecule has 1 fully saturated rings. The second kappa shape index (κ2) is 7.33. The van der Waals surface area contributed by atoms with Crippen molar-refractivity contribution in [2.45, 2.75) is 19.3 Å². The SMILES string of the molecule is C=C1CSCCC(=O)OCCCCOC1=O. The molecule has 0 amide bonds. The lowest BCUT2D eigenvalue weighted by atomic mass is 10.3. The van der Waals surface area contributed by atoms with Crippen molar-refractivity contribution in [2.75, 3.05) is 24.7 Å². The number of ether oxygens (including phenoxy) is 2. The molecule has 90 valence electrons. The van der Waals surface area contributed by atoms with Gasteiger partial charge in [-0.1, -0.05) is 6.58 Å². The average Bonchev–Trinajstić information content (AvgIpc) is 2.28. The molecule has 1 rings (SSSR count). The summed E-state index contributed by atoms with van der Waals surface area (Å²) in [5.74, 6) is 0.639. The maximum Gasteiger partial charge on any atom is 0.334 e. The summed E-state index contributed by atoms with van der Waals surface area (Å²) in [6.45, 7) is 4.42. The van der Waals surface area contributed by atoms with Crippen molar-refractivity contribution >= 4 is 23.7 Å². The highest BCUT2D eigenvalue weighted by molar-refractivity contribution is 7.99. The summed E-state index contributed by atoms with van der Waals surface area (Å²) >= 11 is 1.49. The van der Waals surface area contributed by atoms with Gasteiger partial charge in [0.2, 0.25) is 0 Å². The normalized spacial score (nSPS) is 21.1. The minimum atomic E-state index is -0.334. The van der Waals surface area contributed by atoms with Gasteiger partial charge in [-0.25, -0.2) is 4.79 Å². The fourth-order valence-electron chi connectivity index (χ4n) is 1.14. The van der Waals surface area contributed by atoms with Crippen molar-refractivity contribution in [3.8, 4) is 0 Å². The largest absolute Gasteiger partial charge is 0.466 e. The summed E-state index contributed by atoms with van der Waals surface area (Å²) in [5.41, 5.74) is 0.456. The first-order chi connectivity index (χ1) is 7.70. The Labute approximate surface area is 99.4 Å². The lowest BCUT2D eigenvalue weighted by Gasteiger charge is -2.05. The van der Waals surface area contributed by atoms with E-state index in [4.69, 9.17) is 9.47 Å². The highest BCUT2D eigenvalue weighted by atomic mass is 32.2. The third-order valence-corrected chi connectivity index (χ3v) is 3.10. The first-order valence-electron chi connectivity index (χ1n) is 5.28. The van der Waals surface area contributed by atoms with E-state index in [0.29, 0.717) is 43.1 Å². The molecule has 16 heavy (non-hydrogen) atoms. The predicted molar refractivity (Wildman–Crippen MR) is 62.2 cm³/mol. The number of cyclic esters (lactones) is 2. The summed E-state index contributed by atoms with van der Waals surface area (Å²) in [4.78, 5) is 22.5. The summed E-state index contributed by atoms with van der Waals surface area (Å²) < 4.78 is 10.00. The molecule has 1 saturated heterocycles. The Morgan fingerprint density at radius 3 is 2.56 bits per heavy atom. The minimum absolute atomic E-state index is 0.176. The fraction of sp³-hybridized carbons (Fsp3) is 0.636. The molecule has 0 aromatic rings. The van der Waals surface area contributed by atoms with Crippen LogP contribution in [0.5, 0.6) is 0 Å². The monoisotopic (exact) mass is 244 g/mol. The van der Waals surface area contributed by atoms with Crippen LogP contribution in [0.4, 0.5) is 0 Å². The van der Waals surface area contributed by atoms with Crippen molar-refractivity contribution in [1.82, 2.24) is 0 Å². The van der Waals surface area contributed by atoms with Crippen LogP contribution in [-0.4, -0.2) is 36.7 Å². The molecule has 0 N–H and O–H groups in total. The number of hydrogen-bond donors (Lipinski definition) is 0. The zero-order chi connectivity index (χ0) is 11.8. The fourth-order valence-corrected chi connectivity index (χ4v) is 1.96. The van der Waals surface area contributed by atoms with Gasteiger partial charge >= 0.3 is 11.9 Å². The highest BCUT2D eigenvalue weighted by Crippen LogP contribution is 2.11. The van der Waals surface area contributed by atoms with Gasteiger partial charge in [-0.05, 0) is 12.8 Å². The van der Waals surface area contributed by atoms with Crippen LogP contribution in [0.2, 0.25) is 0 Å². The van der Waals surface area contributed by atoms with Crippen LogP contribution in [-0.2, 0) is 19.1 Å². The quantitative estimate of drug-likeness (QED) is 0.478. The maximum atomic E-state index is 11.3. The van der Waals surface area contributed by atoms with Gasteiger partial charge in [0.25, 0.3) is 0 Å². The Bertz CT molecular complexity index is 275. The topological polar surface area (TPSA) is 52.6 Å². The van der Waals surface area contributed by atoms with Crippen LogP contribution in [0.15, 0.2) is 12.2 Å². The molecule has 4 nitrogen and oxygen atoms in total. The first-order valence-corrected chi connectivity index (χ1v) is 6.44. The van der Waals surface area contributed by atoms with Crippen LogP contribution in [0.1, 0.15) is 19.3 Å². The summed E-state index contributed by atoms with van der Waals surface area (Å²) in [6, 6.07) is 0. The first kappa shape index (κ1) is 13.1. The van der Waals surface area contributed by atoms with Gasteiger partial charge in [0.1, 0.15) is 0 Å². The van der Waals surface area contributed by atoms with E-state index in [2.05, 4.69) is 6.58 Å². The van der Waals surface area contributed by atoms with Crippen molar-refractivity contribution in [1.29, 1.82) is 0 Å². The standard InChI is InChI=1S/C11H16O4S/c1-9-8-16-7-4-10(12)14-5-2-3-6-15-11(9)13/h1-8H2. The Morgan fingerprint density at radius 2 is 1.81 bits per heavy atom. The number of carbonyl (C=O) groups excluding carboxylic acids is 2. The predicted octanol–water partition coefficient (Wildman–Crippen LogP) is 1.55. The maximum absolute atomic E-state index is 11.3. The van der Waals surface area contributed by atoms with Crippen LogP contribution < -0.4 is 0 Å². The molecule has 0 unspecified atom stereocenters. The molecule has 0 bridgehead atoms. The van der Waals surface area contributed by atoms with Gasteiger partial charge in [-0.2, -0.15) is 11.8 Å². The Kier molecular flexibility index (Phi) is 6.00. The van der Waals surface area contributed by atoms with E-state index in [-0.39, 0.29) is 11.9 Å². The zero-order valence-electron chi connectivity index (χ0n) is 9.20. The molecule has 0 atom stereocenters. The van der Waals surface area contributed by atoms with E-state index in [1.807, 2.05) is 0 Å².